The number of guanidine groups is 1. The second-order valence-electron chi connectivity index (χ2n) is 8.05. The maximum absolute atomic E-state index is 11.9. The van der Waals surface area contributed by atoms with Crippen molar-refractivity contribution >= 4 is 18.0 Å². The molecular weight excluding hydrogens is 402 g/mol. The molecule has 2 aliphatic heterocycles. The Balaban J connectivity index is 1.73. The van der Waals surface area contributed by atoms with Crippen molar-refractivity contribution in [2.75, 3.05) is 66.7 Å². The van der Waals surface area contributed by atoms with E-state index in [0.717, 1.165) is 38.7 Å². The van der Waals surface area contributed by atoms with Gasteiger partial charge in [0.1, 0.15) is 6.54 Å². The van der Waals surface area contributed by atoms with E-state index in [9.17, 15) is 9.59 Å². The molecule has 178 valence electrons. The number of carbonyl (C=O) groups excluding carboxylic acids is 2. The number of rotatable bonds is 10. The summed E-state index contributed by atoms with van der Waals surface area (Å²) in [6.45, 7) is 6.37. The highest BCUT2D eigenvalue weighted by molar-refractivity contribution is 5.85. The Morgan fingerprint density at radius 3 is 2.65 bits per heavy atom. The van der Waals surface area contributed by atoms with Crippen molar-refractivity contribution in [3.05, 3.63) is 0 Å². The van der Waals surface area contributed by atoms with Crippen LogP contribution in [0.2, 0.25) is 0 Å². The third kappa shape index (κ3) is 9.73. The van der Waals surface area contributed by atoms with Crippen LogP contribution in [0.1, 0.15) is 39.0 Å². The molecule has 10 heteroatoms. The first-order chi connectivity index (χ1) is 15.0. The van der Waals surface area contributed by atoms with Gasteiger partial charge in [-0.3, -0.25) is 4.79 Å². The summed E-state index contributed by atoms with van der Waals surface area (Å²) in [5.74, 6) is 0.557. The fraction of sp³-hybridized carbons (Fsp3) is 0.857. The SMILES string of the molecule is CCOC(=O)N1CCC(NC(=NCC(=O)N(C)C)NCCCOCC2CCCO2)CC1. The predicted molar refractivity (Wildman–Crippen MR) is 118 cm³/mol. The molecule has 2 N–H and O–H groups in total. The number of hydrogen-bond acceptors (Lipinski definition) is 6. The normalized spacial score (nSPS) is 19.9. The molecule has 0 spiro atoms. The van der Waals surface area contributed by atoms with Crippen LogP contribution in [0.5, 0.6) is 0 Å². The molecule has 0 aliphatic carbocycles. The Morgan fingerprint density at radius 2 is 2.00 bits per heavy atom. The average Bonchev–Trinajstić information content (AvgIpc) is 3.28. The van der Waals surface area contributed by atoms with E-state index in [1.54, 1.807) is 19.0 Å². The molecular formula is C21H39N5O5. The summed E-state index contributed by atoms with van der Waals surface area (Å²) in [4.78, 5) is 31.5. The van der Waals surface area contributed by atoms with Gasteiger partial charge in [-0.2, -0.15) is 0 Å². The van der Waals surface area contributed by atoms with Crippen LogP contribution >= 0.6 is 0 Å². The minimum atomic E-state index is -0.257. The average molecular weight is 442 g/mol. The van der Waals surface area contributed by atoms with Crippen molar-refractivity contribution in [1.82, 2.24) is 20.4 Å². The zero-order valence-electron chi connectivity index (χ0n) is 19.2. The van der Waals surface area contributed by atoms with Crippen LogP contribution in [-0.2, 0) is 19.0 Å². The first kappa shape index (κ1) is 25.2. The van der Waals surface area contributed by atoms with Crippen LogP contribution in [0.4, 0.5) is 4.79 Å². The quantitative estimate of drug-likeness (QED) is 0.294. The molecule has 0 aromatic rings. The zero-order chi connectivity index (χ0) is 22.5. The summed E-state index contributed by atoms with van der Waals surface area (Å²) in [5.41, 5.74) is 0. The van der Waals surface area contributed by atoms with Crippen molar-refractivity contribution < 1.29 is 23.8 Å². The van der Waals surface area contributed by atoms with Gasteiger partial charge in [-0.25, -0.2) is 9.79 Å². The van der Waals surface area contributed by atoms with E-state index in [1.807, 2.05) is 6.92 Å². The van der Waals surface area contributed by atoms with Gasteiger partial charge in [-0.1, -0.05) is 0 Å². The molecule has 0 bridgehead atoms. The van der Waals surface area contributed by atoms with Gasteiger partial charge in [0.25, 0.3) is 0 Å². The molecule has 2 saturated heterocycles. The number of piperidine rings is 1. The summed E-state index contributed by atoms with van der Waals surface area (Å²) in [6.07, 6.45) is 4.60. The Morgan fingerprint density at radius 1 is 1.23 bits per heavy atom. The van der Waals surface area contributed by atoms with E-state index in [2.05, 4.69) is 15.6 Å². The van der Waals surface area contributed by atoms with Crippen LogP contribution in [0, 0.1) is 0 Å². The lowest BCUT2D eigenvalue weighted by atomic mass is 10.1. The molecule has 2 fully saturated rings. The minimum absolute atomic E-state index is 0.0573. The fourth-order valence-electron chi connectivity index (χ4n) is 3.43. The molecule has 2 amide bonds. The van der Waals surface area contributed by atoms with E-state index in [1.165, 1.54) is 4.90 Å². The summed E-state index contributed by atoms with van der Waals surface area (Å²) in [6, 6.07) is 0.183. The molecule has 0 aromatic carbocycles. The Hall–Kier alpha value is -2.07. The number of amides is 2. The van der Waals surface area contributed by atoms with Crippen LogP contribution < -0.4 is 10.6 Å². The molecule has 1 atom stereocenters. The first-order valence-electron chi connectivity index (χ1n) is 11.4. The van der Waals surface area contributed by atoms with Crippen molar-refractivity contribution in [2.24, 2.45) is 4.99 Å². The topological polar surface area (TPSA) is 105 Å². The molecule has 1 unspecified atom stereocenters. The van der Waals surface area contributed by atoms with Gasteiger partial charge in [-0.15, -0.1) is 0 Å². The number of likely N-dealkylation sites (N-methyl/N-ethyl adjacent to an activating group) is 1. The van der Waals surface area contributed by atoms with Gasteiger partial charge >= 0.3 is 6.09 Å². The zero-order valence-corrected chi connectivity index (χ0v) is 19.2. The van der Waals surface area contributed by atoms with Crippen molar-refractivity contribution in [2.45, 2.75) is 51.2 Å². The highest BCUT2D eigenvalue weighted by atomic mass is 16.6. The van der Waals surface area contributed by atoms with Crippen LogP contribution in [0.15, 0.2) is 4.99 Å². The molecule has 0 aromatic heterocycles. The number of carbonyl (C=O) groups is 2. The number of hydrogen-bond donors (Lipinski definition) is 2. The van der Waals surface area contributed by atoms with Gasteiger partial charge in [0.2, 0.25) is 5.91 Å². The van der Waals surface area contributed by atoms with E-state index < -0.39 is 0 Å². The highest BCUT2D eigenvalue weighted by Crippen LogP contribution is 2.12. The lowest BCUT2D eigenvalue weighted by Gasteiger charge is -2.32. The maximum Gasteiger partial charge on any atom is 0.409 e. The largest absolute Gasteiger partial charge is 0.450 e. The van der Waals surface area contributed by atoms with Gasteiger partial charge in [-0.05, 0) is 39.0 Å². The Kier molecular flexibility index (Phi) is 11.4. The lowest BCUT2D eigenvalue weighted by molar-refractivity contribution is -0.127. The number of aliphatic imine (C=N–C) groups is 1. The summed E-state index contributed by atoms with van der Waals surface area (Å²) in [7, 11) is 3.43. The van der Waals surface area contributed by atoms with Gasteiger partial charge in [0.05, 0.1) is 19.3 Å². The summed E-state index contributed by atoms with van der Waals surface area (Å²) in [5, 5.41) is 6.70. The summed E-state index contributed by atoms with van der Waals surface area (Å²) >= 11 is 0. The van der Waals surface area contributed by atoms with E-state index >= 15 is 0 Å². The second-order valence-corrected chi connectivity index (χ2v) is 8.05. The standard InChI is InChI=1S/C21H39N5O5/c1-4-30-21(28)26-11-8-17(9-12-26)24-20(23-15-19(27)25(2)3)22-10-6-13-29-16-18-7-5-14-31-18/h17-18H,4-16H2,1-3H3,(H2,22,23,24). The van der Waals surface area contributed by atoms with Crippen molar-refractivity contribution in [3.8, 4) is 0 Å². The number of nitrogens with zero attached hydrogens (tertiary/aromatic N) is 3. The first-order valence-corrected chi connectivity index (χ1v) is 11.4. The number of likely N-dealkylation sites (tertiary alicyclic amines) is 1. The fourth-order valence-corrected chi connectivity index (χ4v) is 3.43. The molecule has 0 radical (unpaired) electrons. The third-order valence-electron chi connectivity index (χ3n) is 5.32. The van der Waals surface area contributed by atoms with E-state index in [-0.39, 0.29) is 30.7 Å². The van der Waals surface area contributed by atoms with Crippen LogP contribution in [0.25, 0.3) is 0 Å². The van der Waals surface area contributed by atoms with Crippen LogP contribution in [0.3, 0.4) is 0 Å². The third-order valence-corrected chi connectivity index (χ3v) is 5.32. The van der Waals surface area contributed by atoms with Crippen molar-refractivity contribution in [1.29, 1.82) is 0 Å². The van der Waals surface area contributed by atoms with Gasteiger partial charge < -0.3 is 34.6 Å². The van der Waals surface area contributed by atoms with E-state index in [0.29, 0.717) is 45.4 Å². The van der Waals surface area contributed by atoms with Crippen LogP contribution in [-0.4, -0.2) is 107 Å². The maximum atomic E-state index is 11.9. The Bertz CT molecular complexity index is 573. The molecule has 2 rings (SSSR count). The monoisotopic (exact) mass is 441 g/mol. The molecule has 31 heavy (non-hydrogen) atoms. The molecule has 2 aliphatic rings. The highest BCUT2D eigenvalue weighted by Gasteiger charge is 2.24. The second kappa shape index (κ2) is 14.1. The molecule has 2 heterocycles. The number of nitrogens with one attached hydrogen (secondary N) is 2. The minimum Gasteiger partial charge on any atom is -0.450 e. The lowest BCUT2D eigenvalue weighted by Crippen LogP contribution is -2.50. The molecule has 0 saturated carbocycles. The van der Waals surface area contributed by atoms with Crippen molar-refractivity contribution in [3.63, 3.8) is 0 Å². The van der Waals surface area contributed by atoms with Gasteiger partial charge in [0.15, 0.2) is 5.96 Å². The van der Waals surface area contributed by atoms with E-state index in [4.69, 9.17) is 14.2 Å². The Labute approximate surface area is 185 Å². The van der Waals surface area contributed by atoms with Gasteiger partial charge in [0, 0.05) is 53.0 Å². The smallest absolute Gasteiger partial charge is 0.409 e. The number of ether oxygens (including phenoxy) is 3. The predicted octanol–water partition coefficient (Wildman–Crippen LogP) is 0.816. The summed E-state index contributed by atoms with van der Waals surface area (Å²) < 4.78 is 16.3. The molecule has 10 nitrogen and oxygen atoms in total.